The molecule has 0 aliphatic carbocycles. The summed E-state index contributed by atoms with van der Waals surface area (Å²) in [7, 11) is 0. The van der Waals surface area contributed by atoms with Gasteiger partial charge < -0.3 is 9.47 Å². The lowest BCUT2D eigenvalue weighted by atomic mass is 9.98. The van der Waals surface area contributed by atoms with Gasteiger partial charge in [0.1, 0.15) is 0 Å². The molecule has 0 aliphatic heterocycles. The first-order chi connectivity index (χ1) is 7.04. The summed E-state index contributed by atoms with van der Waals surface area (Å²) in [6.45, 7) is 11.0. The lowest BCUT2D eigenvalue weighted by Crippen LogP contribution is -2.34. The van der Waals surface area contributed by atoms with Crippen LogP contribution in [0.2, 0.25) is 0 Å². The van der Waals surface area contributed by atoms with Crippen molar-refractivity contribution in [2.75, 3.05) is 26.4 Å². The van der Waals surface area contributed by atoms with E-state index >= 15 is 0 Å². The molecule has 0 N–H and O–H groups in total. The molecule has 0 bridgehead atoms. The van der Waals surface area contributed by atoms with Crippen LogP contribution in [-0.2, 0) is 9.47 Å². The fraction of sp³-hybridized carbons (Fsp3) is 1.00. The van der Waals surface area contributed by atoms with E-state index in [-0.39, 0.29) is 4.87 Å². The number of halogens is 1. The number of ether oxygens (including phenoxy) is 2. The maximum atomic E-state index is 6.49. The second-order valence-electron chi connectivity index (χ2n) is 4.36. The summed E-state index contributed by atoms with van der Waals surface area (Å²) < 4.78 is 10.8. The van der Waals surface area contributed by atoms with Gasteiger partial charge in [-0.25, -0.2) is 0 Å². The molecule has 0 radical (unpaired) electrons. The molecule has 0 unspecified atom stereocenters. The Morgan fingerprint density at radius 1 is 1.07 bits per heavy atom. The molecule has 0 aliphatic rings. The van der Waals surface area contributed by atoms with Crippen LogP contribution in [0.15, 0.2) is 0 Å². The van der Waals surface area contributed by atoms with Gasteiger partial charge in [0.15, 0.2) is 0 Å². The number of rotatable bonds is 9. The second kappa shape index (κ2) is 8.37. The highest BCUT2D eigenvalue weighted by Crippen LogP contribution is 2.25. The average molecular weight is 237 g/mol. The third-order valence-corrected chi connectivity index (χ3v) is 2.71. The van der Waals surface area contributed by atoms with E-state index < -0.39 is 0 Å². The van der Waals surface area contributed by atoms with Crippen LogP contribution in [0.3, 0.4) is 0 Å². The van der Waals surface area contributed by atoms with Crippen LogP contribution >= 0.6 is 11.6 Å². The molecule has 0 spiro atoms. The molecule has 2 nitrogen and oxygen atoms in total. The van der Waals surface area contributed by atoms with Gasteiger partial charge >= 0.3 is 0 Å². The molecule has 0 rings (SSSR count). The summed E-state index contributed by atoms with van der Waals surface area (Å²) in [5.41, 5.74) is 0. The second-order valence-corrected chi connectivity index (χ2v) is 5.16. The summed E-state index contributed by atoms with van der Waals surface area (Å²) in [6, 6.07) is 0. The Kier molecular flexibility index (Phi) is 8.49. The van der Waals surface area contributed by atoms with Crippen molar-refractivity contribution in [1.29, 1.82) is 0 Å². The van der Waals surface area contributed by atoms with E-state index in [9.17, 15) is 0 Å². The first-order valence-electron chi connectivity index (χ1n) is 5.88. The summed E-state index contributed by atoms with van der Waals surface area (Å²) in [5.74, 6) is 0.673. The van der Waals surface area contributed by atoms with Crippen LogP contribution in [-0.4, -0.2) is 31.3 Å². The van der Waals surface area contributed by atoms with E-state index in [1.807, 2.05) is 13.8 Å². The minimum Gasteiger partial charge on any atom is -0.380 e. The molecule has 0 aromatic heterocycles. The van der Waals surface area contributed by atoms with Crippen molar-refractivity contribution in [2.24, 2.45) is 5.92 Å². The summed E-state index contributed by atoms with van der Waals surface area (Å²) >= 11 is 6.49. The zero-order chi connectivity index (χ0) is 11.7. The van der Waals surface area contributed by atoms with Crippen molar-refractivity contribution in [3.05, 3.63) is 0 Å². The molecule has 0 heterocycles. The molecule has 0 aromatic carbocycles. The van der Waals surface area contributed by atoms with E-state index in [1.165, 1.54) is 0 Å². The smallest absolute Gasteiger partial charge is 0.0911 e. The van der Waals surface area contributed by atoms with E-state index in [1.54, 1.807) is 0 Å². The maximum Gasteiger partial charge on any atom is 0.0911 e. The zero-order valence-electron chi connectivity index (χ0n) is 10.5. The number of hydrogen-bond acceptors (Lipinski definition) is 2. The highest BCUT2D eigenvalue weighted by molar-refractivity contribution is 6.24. The van der Waals surface area contributed by atoms with Gasteiger partial charge in [0, 0.05) is 13.2 Å². The zero-order valence-corrected chi connectivity index (χ0v) is 11.3. The molecule has 3 heteroatoms. The Hall–Kier alpha value is 0.210. The summed E-state index contributed by atoms with van der Waals surface area (Å²) in [5, 5.41) is 0. The molecule has 0 amide bonds. The van der Waals surface area contributed by atoms with E-state index in [0.29, 0.717) is 32.3 Å². The fourth-order valence-corrected chi connectivity index (χ4v) is 1.57. The van der Waals surface area contributed by atoms with Gasteiger partial charge in [-0.05, 0) is 32.6 Å². The topological polar surface area (TPSA) is 18.5 Å². The third-order valence-electron chi connectivity index (χ3n) is 2.30. The minimum absolute atomic E-state index is 0.337. The molecule has 92 valence electrons. The highest BCUT2D eigenvalue weighted by atomic mass is 35.5. The summed E-state index contributed by atoms with van der Waals surface area (Å²) in [6.07, 6.45) is 2.07. The molecule has 0 fully saturated rings. The highest BCUT2D eigenvalue weighted by Gasteiger charge is 2.27. The molecular formula is C12H25ClO2. The monoisotopic (exact) mass is 236 g/mol. The average Bonchev–Trinajstić information content (AvgIpc) is 2.21. The minimum atomic E-state index is -0.337. The number of alkyl halides is 1. The van der Waals surface area contributed by atoms with Gasteiger partial charge in [-0.15, -0.1) is 11.6 Å². The van der Waals surface area contributed by atoms with Crippen molar-refractivity contribution in [3.8, 4) is 0 Å². The first-order valence-corrected chi connectivity index (χ1v) is 6.26. The lowest BCUT2D eigenvalue weighted by Gasteiger charge is -2.27. The van der Waals surface area contributed by atoms with Crippen molar-refractivity contribution in [3.63, 3.8) is 0 Å². The van der Waals surface area contributed by atoms with Crippen LogP contribution < -0.4 is 0 Å². The van der Waals surface area contributed by atoms with Gasteiger partial charge in [0.25, 0.3) is 0 Å². The predicted octanol–water partition coefficient (Wildman–Crippen LogP) is 3.47. The third kappa shape index (κ3) is 8.06. The van der Waals surface area contributed by atoms with Gasteiger partial charge in [0.05, 0.1) is 18.1 Å². The maximum absolute atomic E-state index is 6.49. The Balaban J connectivity index is 4.01. The van der Waals surface area contributed by atoms with Crippen LogP contribution in [0.25, 0.3) is 0 Å². The number of hydrogen-bond donors (Lipinski definition) is 0. The molecule has 0 aromatic rings. The van der Waals surface area contributed by atoms with Crippen LogP contribution in [0.1, 0.15) is 40.5 Å². The quantitative estimate of drug-likeness (QED) is 0.571. The van der Waals surface area contributed by atoms with Crippen LogP contribution in [0.4, 0.5) is 0 Å². The van der Waals surface area contributed by atoms with Crippen molar-refractivity contribution in [2.45, 2.75) is 45.4 Å². The SMILES string of the molecule is CCOCC(Cl)(CCC(C)C)COCC. The van der Waals surface area contributed by atoms with Gasteiger partial charge in [-0.1, -0.05) is 13.8 Å². The van der Waals surface area contributed by atoms with Crippen molar-refractivity contribution >= 4 is 11.6 Å². The lowest BCUT2D eigenvalue weighted by molar-refractivity contribution is 0.0559. The van der Waals surface area contributed by atoms with Gasteiger partial charge in [-0.2, -0.15) is 0 Å². The van der Waals surface area contributed by atoms with E-state index in [0.717, 1.165) is 12.8 Å². The standard InChI is InChI=1S/C12H25ClO2/c1-5-14-9-12(13,10-15-6-2)8-7-11(3)4/h11H,5-10H2,1-4H3. The predicted molar refractivity (Wildman–Crippen MR) is 65.6 cm³/mol. The Morgan fingerprint density at radius 3 is 1.87 bits per heavy atom. The fourth-order valence-electron chi connectivity index (χ4n) is 1.30. The Morgan fingerprint density at radius 2 is 1.53 bits per heavy atom. The van der Waals surface area contributed by atoms with Gasteiger partial charge in [-0.3, -0.25) is 0 Å². The molecule has 0 atom stereocenters. The van der Waals surface area contributed by atoms with Crippen molar-refractivity contribution in [1.82, 2.24) is 0 Å². The first kappa shape index (κ1) is 15.2. The summed E-state index contributed by atoms with van der Waals surface area (Å²) in [4.78, 5) is -0.337. The largest absolute Gasteiger partial charge is 0.380 e. The van der Waals surface area contributed by atoms with Crippen LogP contribution in [0, 0.1) is 5.92 Å². The molecule has 0 saturated heterocycles. The molecule has 15 heavy (non-hydrogen) atoms. The van der Waals surface area contributed by atoms with Crippen molar-refractivity contribution < 1.29 is 9.47 Å². The van der Waals surface area contributed by atoms with E-state index in [4.69, 9.17) is 21.1 Å². The molecular weight excluding hydrogens is 212 g/mol. The normalized spacial score (nSPS) is 12.4. The van der Waals surface area contributed by atoms with Crippen LogP contribution in [0.5, 0.6) is 0 Å². The molecule has 0 saturated carbocycles. The van der Waals surface area contributed by atoms with E-state index in [2.05, 4.69) is 13.8 Å². The van der Waals surface area contributed by atoms with Gasteiger partial charge in [0.2, 0.25) is 0 Å². The Bertz CT molecular complexity index is 141. The Labute approximate surface area is 99.3 Å².